The van der Waals surface area contributed by atoms with Gasteiger partial charge in [0.15, 0.2) is 0 Å². The van der Waals surface area contributed by atoms with Crippen LogP contribution in [0.2, 0.25) is 5.82 Å². The van der Waals surface area contributed by atoms with Crippen LogP contribution in [-0.4, -0.2) is 47.7 Å². The fourth-order valence-electron chi connectivity index (χ4n) is 2.32. The van der Waals surface area contributed by atoms with Crippen LogP contribution in [0.25, 0.3) is 0 Å². The van der Waals surface area contributed by atoms with Gasteiger partial charge in [-0.15, -0.1) is 0 Å². The van der Waals surface area contributed by atoms with E-state index in [4.69, 9.17) is 23.2 Å². The molecule has 3 heterocycles. The number of nitrogens with one attached hydrogen (secondary N) is 1. The molecule has 0 amide bonds. The largest absolute Gasteiger partial charge is 0.325 e. The quantitative estimate of drug-likeness (QED) is 0.435. The van der Waals surface area contributed by atoms with Crippen molar-refractivity contribution in [1.82, 2.24) is 5.32 Å². The molecule has 48 valence electrons. The monoisotopic (exact) mass is 137 g/mol. The van der Waals surface area contributed by atoms with Crippen molar-refractivity contribution in [2.75, 3.05) is 0 Å². The molecule has 11 heavy (non-hydrogen) atoms. The Balaban J connectivity index is 2.18. The summed E-state index contributed by atoms with van der Waals surface area (Å²) >= 11 is 0. The van der Waals surface area contributed by atoms with Gasteiger partial charge in [-0.1, -0.05) is 12.7 Å². The molecule has 3 fully saturated rings. The molecule has 3 saturated heterocycles. The minimum atomic E-state index is -0.300. The van der Waals surface area contributed by atoms with Gasteiger partial charge in [0, 0.05) is 23.2 Å². The van der Waals surface area contributed by atoms with Crippen LogP contribution in [0.15, 0.2) is 0 Å². The highest BCUT2D eigenvalue weighted by Crippen LogP contribution is 2.48. The smallest absolute Gasteiger partial charge is 0.117 e. The molecule has 0 aromatic carbocycles. The zero-order valence-electron chi connectivity index (χ0n) is 6.75. The van der Waals surface area contributed by atoms with Gasteiger partial charge < -0.3 is 5.32 Å². The highest BCUT2D eigenvalue weighted by atomic mass is 15.0. The Kier molecular flexibility index (Phi) is 1.55. The second-order valence-electron chi connectivity index (χ2n) is 3.98. The Hall–Kier alpha value is 0.285. The van der Waals surface area contributed by atoms with Crippen LogP contribution < -0.4 is 5.32 Å². The third kappa shape index (κ3) is 0.823. The number of rotatable bonds is 1. The summed E-state index contributed by atoms with van der Waals surface area (Å²) in [5.74, 6) is 0.937. The van der Waals surface area contributed by atoms with Gasteiger partial charge in [0.25, 0.3) is 0 Å². The Morgan fingerprint density at radius 3 is 2.45 bits per heavy atom. The van der Waals surface area contributed by atoms with E-state index in [1.54, 1.807) is 0 Å². The zero-order chi connectivity index (χ0) is 8.22. The Morgan fingerprint density at radius 2 is 2.27 bits per heavy atom. The van der Waals surface area contributed by atoms with E-state index in [1.165, 1.54) is 0 Å². The van der Waals surface area contributed by atoms with Gasteiger partial charge in [-0.05, 0) is 17.8 Å². The molecule has 2 bridgehead atoms. The van der Waals surface area contributed by atoms with Gasteiger partial charge in [0.1, 0.15) is 6.60 Å². The second kappa shape index (κ2) is 2.15. The SMILES string of the molecule is [B]B1C2CC1C(C)(B([B])[B])N2. The average molecular weight is 136 g/mol. The minimum absolute atomic E-state index is 0.121. The number of hydrogen-bond acceptors (Lipinski definition) is 1. The first kappa shape index (κ1) is 7.91. The first-order valence-electron chi connectivity index (χ1n) is 4.10. The molecule has 3 aliphatic heterocycles. The lowest BCUT2D eigenvalue weighted by Gasteiger charge is -2.37. The van der Waals surface area contributed by atoms with Crippen LogP contribution in [0, 0.1) is 0 Å². The maximum absolute atomic E-state index is 5.87. The lowest BCUT2D eigenvalue weighted by molar-refractivity contribution is 0.601. The Morgan fingerprint density at radius 1 is 1.64 bits per heavy atom. The van der Waals surface area contributed by atoms with Crippen molar-refractivity contribution in [2.24, 2.45) is 0 Å². The predicted molar refractivity (Wildman–Crippen MR) is 52.5 cm³/mol. The van der Waals surface area contributed by atoms with Crippen molar-refractivity contribution < 1.29 is 0 Å². The van der Waals surface area contributed by atoms with Crippen molar-refractivity contribution >= 4 is 36.3 Å². The summed E-state index contributed by atoms with van der Waals surface area (Å²) in [5, 5.41) is 3.38. The highest BCUT2D eigenvalue weighted by molar-refractivity contribution is 7.31. The molecule has 0 spiro atoms. The maximum atomic E-state index is 5.87. The van der Waals surface area contributed by atoms with Gasteiger partial charge in [-0.3, -0.25) is 0 Å². The van der Waals surface area contributed by atoms with Crippen LogP contribution in [0.3, 0.4) is 0 Å². The Labute approximate surface area is 72.8 Å². The fourth-order valence-corrected chi connectivity index (χ4v) is 2.32. The van der Waals surface area contributed by atoms with Crippen LogP contribution in [0.1, 0.15) is 13.3 Å². The second-order valence-corrected chi connectivity index (χ2v) is 3.98. The van der Waals surface area contributed by atoms with Gasteiger partial charge in [-0.25, -0.2) is 0 Å². The standard InChI is InChI=1S/C5H8B5N/c1-5(10(7)8)3-2-4(11-5)9(3)6/h3-4,11H,2H2,1H3. The number of hydrogen-bond donors (Lipinski definition) is 1. The van der Waals surface area contributed by atoms with Crippen molar-refractivity contribution in [3.63, 3.8) is 0 Å². The first-order chi connectivity index (χ1) is 5.05. The molecule has 6 heteroatoms. The molecule has 0 aliphatic carbocycles. The van der Waals surface area contributed by atoms with E-state index in [1.807, 2.05) is 0 Å². The molecule has 3 rings (SSSR count). The van der Waals surface area contributed by atoms with Crippen LogP contribution >= 0.6 is 0 Å². The molecule has 1 nitrogen and oxygen atoms in total. The summed E-state index contributed by atoms with van der Waals surface area (Å²) < 4.78 is 0. The summed E-state index contributed by atoms with van der Waals surface area (Å²) in [6.07, 6.45) is 1.14. The highest BCUT2D eigenvalue weighted by Gasteiger charge is 2.58. The Bertz CT molecular complexity index is 186. The molecule has 3 unspecified atom stereocenters. The molecular weight excluding hydrogens is 128 g/mol. The van der Waals surface area contributed by atoms with Crippen LogP contribution in [-0.2, 0) is 0 Å². The van der Waals surface area contributed by atoms with Crippen molar-refractivity contribution in [2.45, 2.75) is 30.5 Å². The third-order valence-electron chi connectivity index (χ3n) is 3.40. The molecule has 0 saturated carbocycles. The average Bonchev–Trinajstić information content (AvgIpc) is 2.39. The summed E-state index contributed by atoms with van der Waals surface area (Å²) in [6.45, 7) is 2.04. The van der Waals surface area contributed by atoms with Gasteiger partial charge >= 0.3 is 0 Å². The molecule has 0 aromatic heterocycles. The molecule has 0 aromatic rings. The summed E-state index contributed by atoms with van der Waals surface area (Å²) in [6, 6.07) is 0. The van der Waals surface area contributed by atoms with E-state index < -0.39 is 0 Å². The van der Waals surface area contributed by atoms with E-state index in [9.17, 15) is 0 Å². The van der Waals surface area contributed by atoms with Crippen molar-refractivity contribution in [3.8, 4) is 0 Å². The lowest BCUT2D eigenvalue weighted by Crippen LogP contribution is -2.52. The number of fused-ring (bicyclic) bond motifs is 1. The molecule has 6 radical (unpaired) electrons. The van der Waals surface area contributed by atoms with E-state index >= 15 is 0 Å². The van der Waals surface area contributed by atoms with Crippen molar-refractivity contribution in [1.29, 1.82) is 0 Å². The van der Waals surface area contributed by atoms with E-state index in [0.29, 0.717) is 11.8 Å². The molecular formula is C5H8B5N. The summed E-state index contributed by atoms with van der Waals surface area (Å²) in [7, 11) is 17.2. The summed E-state index contributed by atoms with van der Waals surface area (Å²) in [5.41, 5.74) is -0.121. The fraction of sp³-hybridized carbons (Fsp3) is 1.00. The topological polar surface area (TPSA) is 12.0 Å². The predicted octanol–water partition coefficient (Wildman–Crippen LogP) is -1.45. The van der Waals surface area contributed by atoms with E-state index in [-0.39, 0.29) is 18.5 Å². The maximum Gasteiger partial charge on any atom is 0.117 e. The normalized spacial score (nSPS) is 47.2. The summed E-state index contributed by atoms with van der Waals surface area (Å²) in [4.78, 5) is 0. The molecule has 3 atom stereocenters. The van der Waals surface area contributed by atoms with E-state index in [0.717, 1.165) is 6.42 Å². The van der Waals surface area contributed by atoms with Crippen LogP contribution in [0.5, 0.6) is 0 Å². The zero-order valence-corrected chi connectivity index (χ0v) is 6.75. The van der Waals surface area contributed by atoms with E-state index in [2.05, 4.69) is 12.2 Å². The molecule has 3 aliphatic rings. The lowest BCUT2D eigenvalue weighted by atomic mass is 9.05. The minimum Gasteiger partial charge on any atom is -0.325 e. The third-order valence-corrected chi connectivity index (χ3v) is 3.40. The first-order valence-corrected chi connectivity index (χ1v) is 4.10. The van der Waals surface area contributed by atoms with Gasteiger partial charge in [0.05, 0.1) is 6.49 Å². The van der Waals surface area contributed by atoms with Crippen LogP contribution in [0.4, 0.5) is 0 Å². The van der Waals surface area contributed by atoms with Gasteiger partial charge in [-0.2, -0.15) is 0 Å². The molecule has 1 N–H and O–H groups in total. The van der Waals surface area contributed by atoms with Crippen molar-refractivity contribution in [3.05, 3.63) is 0 Å². The van der Waals surface area contributed by atoms with Gasteiger partial charge in [0.2, 0.25) is 0 Å².